The number of hydrogen-bond acceptors (Lipinski definition) is 3. The van der Waals surface area contributed by atoms with Crippen LogP contribution in [0.5, 0.6) is 0 Å². The molecule has 1 aliphatic heterocycles. The molecule has 1 aromatic heterocycles. The summed E-state index contributed by atoms with van der Waals surface area (Å²) >= 11 is 0. The van der Waals surface area contributed by atoms with E-state index in [-0.39, 0.29) is 5.91 Å². The van der Waals surface area contributed by atoms with Gasteiger partial charge in [-0.05, 0) is 48.7 Å². The van der Waals surface area contributed by atoms with Crippen LogP contribution in [0.25, 0.3) is 11.0 Å². The first kappa shape index (κ1) is 14.0. The number of rotatable bonds is 3. The zero-order valence-electron chi connectivity index (χ0n) is 12.7. The van der Waals surface area contributed by atoms with Crippen LogP contribution in [0.4, 0.5) is 5.69 Å². The number of hydrogen-bond donors (Lipinski definition) is 3. The Morgan fingerprint density at radius 3 is 2.70 bits per heavy atom. The number of imidazole rings is 1. The number of fused-ring (bicyclic) bond motifs is 1. The zero-order chi connectivity index (χ0) is 15.6. The lowest BCUT2D eigenvalue weighted by atomic mass is 9.98. The number of carbonyl (C=O) groups excluding carboxylic acids is 1. The first-order valence-corrected chi connectivity index (χ1v) is 7.86. The summed E-state index contributed by atoms with van der Waals surface area (Å²) in [5, 5.41) is 6.26. The van der Waals surface area contributed by atoms with Crippen molar-refractivity contribution >= 4 is 22.6 Å². The van der Waals surface area contributed by atoms with Crippen LogP contribution < -0.4 is 10.6 Å². The van der Waals surface area contributed by atoms with Crippen molar-refractivity contribution in [3.05, 3.63) is 59.9 Å². The first-order chi connectivity index (χ1) is 11.3. The van der Waals surface area contributed by atoms with Crippen LogP contribution in [0.2, 0.25) is 0 Å². The minimum atomic E-state index is -0.225. The van der Waals surface area contributed by atoms with Crippen molar-refractivity contribution in [2.45, 2.75) is 12.3 Å². The minimum Gasteiger partial charge on any atom is -0.334 e. The number of amides is 1. The molecule has 3 N–H and O–H groups in total. The van der Waals surface area contributed by atoms with Gasteiger partial charge in [0.05, 0.1) is 11.0 Å². The highest BCUT2D eigenvalue weighted by Gasteiger charge is 2.16. The molecule has 2 aromatic carbocycles. The van der Waals surface area contributed by atoms with Gasteiger partial charge in [0.25, 0.3) is 5.91 Å². The SMILES string of the molecule is O=C(Nc1ccc([C@H]2CCNC2)cc1)c1nc2ccccc2[nH]1. The molecule has 5 nitrogen and oxygen atoms in total. The molecule has 5 heteroatoms. The van der Waals surface area contributed by atoms with Crippen LogP contribution in [-0.4, -0.2) is 29.0 Å². The zero-order valence-corrected chi connectivity index (χ0v) is 12.7. The minimum absolute atomic E-state index is 0.225. The topological polar surface area (TPSA) is 69.8 Å². The fourth-order valence-electron chi connectivity index (χ4n) is 3.03. The van der Waals surface area contributed by atoms with Crippen molar-refractivity contribution < 1.29 is 4.79 Å². The molecule has 2 heterocycles. The maximum Gasteiger partial charge on any atom is 0.291 e. The van der Waals surface area contributed by atoms with E-state index in [4.69, 9.17) is 0 Å². The van der Waals surface area contributed by atoms with Crippen molar-refractivity contribution in [1.29, 1.82) is 0 Å². The number of anilines is 1. The summed E-state index contributed by atoms with van der Waals surface area (Å²) in [5.41, 5.74) is 3.75. The molecule has 0 saturated carbocycles. The molecule has 0 spiro atoms. The van der Waals surface area contributed by atoms with Crippen molar-refractivity contribution in [1.82, 2.24) is 15.3 Å². The molecule has 1 atom stereocenters. The third-order valence-electron chi connectivity index (χ3n) is 4.30. The van der Waals surface area contributed by atoms with Crippen LogP contribution in [0.3, 0.4) is 0 Å². The van der Waals surface area contributed by atoms with Crippen LogP contribution in [0, 0.1) is 0 Å². The lowest BCUT2D eigenvalue weighted by Gasteiger charge is -2.10. The van der Waals surface area contributed by atoms with Gasteiger partial charge in [0.1, 0.15) is 0 Å². The van der Waals surface area contributed by atoms with E-state index in [0.29, 0.717) is 11.7 Å². The predicted molar refractivity (Wildman–Crippen MR) is 90.7 cm³/mol. The molecule has 1 amide bonds. The largest absolute Gasteiger partial charge is 0.334 e. The van der Waals surface area contributed by atoms with Gasteiger partial charge in [-0.2, -0.15) is 0 Å². The quantitative estimate of drug-likeness (QED) is 0.697. The van der Waals surface area contributed by atoms with E-state index in [2.05, 4.69) is 32.7 Å². The Bertz CT molecular complexity index is 799. The monoisotopic (exact) mass is 306 g/mol. The van der Waals surface area contributed by atoms with Gasteiger partial charge >= 0.3 is 0 Å². The van der Waals surface area contributed by atoms with E-state index < -0.39 is 0 Å². The first-order valence-electron chi connectivity index (χ1n) is 7.86. The van der Waals surface area contributed by atoms with Gasteiger partial charge in [-0.15, -0.1) is 0 Å². The molecule has 1 saturated heterocycles. The van der Waals surface area contributed by atoms with Gasteiger partial charge in [0.2, 0.25) is 0 Å². The maximum atomic E-state index is 12.3. The summed E-state index contributed by atoms with van der Waals surface area (Å²) in [6, 6.07) is 15.7. The number of aromatic amines is 1. The standard InChI is InChI=1S/C18H18N4O/c23-18(17-21-15-3-1-2-4-16(15)22-17)20-14-7-5-12(6-8-14)13-9-10-19-11-13/h1-8,13,19H,9-11H2,(H,20,23)(H,21,22)/t13-/m0/s1. The van der Waals surface area contributed by atoms with Gasteiger partial charge in [0.15, 0.2) is 5.82 Å². The van der Waals surface area contributed by atoms with Crippen LogP contribution in [0.15, 0.2) is 48.5 Å². The highest BCUT2D eigenvalue weighted by Crippen LogP contribution is 2.23. The second kappa shape index (κ2) is 5.85. The number of carbonyl (C=O) groups is 1. The lowest BCUT2D eigenvalue weighted by Crippen LogP contribution is -2.13. The molecular weight excluding hydrogens is 288 g/mol. The smallest absolute Gasteiger partial charge is 0.291 e. The average molecular weight is 306 g/mol. The van der Waals surface area contributed by atoms with E-state index in [1.165, 1.54) is 12.0 Å². The molecule has 1 fully saturated rings. The fourth-order valence-corrected chi connectivity index (χ4v) is 3.03. The highest BCUT2D eigenvalue weighted by molar-refractivity contribution is 6.03. The molecule has 23 heavy (non-hydrogen) atoms. The van der Waals surface area contributed by atoms with E-state index >= 15 is 0 Å². The Hall–Kier alpha value is -2.66. The molecule has 0 aliphatic carbocycles. The Labute approximate surface area is 134 Å². The maximum absolute atomic E-state index is 12.3. The van der Waals surface area contributed by atoms with E-state index in [1.807, 2.05) is 36.4 Å². The summed E-state index contributed by atoms with van der Waals surface area (Å²) in [4.78, 5) is 19.7. The van der Waals surface area contributed by atoms with Crippen molar-refractivity contribution in [3.63, 3.8) is 0 Å². The van der Waals surface area contributed by atoms with Gasteiger partial charge in [0, 0.05) is 12.2 Å². The molecule has 0 radical (unpaired) electrons. The lowest BCUT2D eigenvalue weighted by molar-refractivity contribution is 0.101. The predicted octanol–water partition coefficient (Wildman–Crippen LogP) is 2.89. The van der Waals surface area contributed by atoms with Crippen molar-refractivity contribution in [3.8, 4) is 0 Å². The average Bonchev–Trinajstić information content (AvgIpc) is 3.25. The van der Waals surface area contributed by atoms with Crippen LogP contribution in [0.1, 0.15) is 28.5 Å². The van der Waals surface area contributed by atoms with Gasteiger partial charge in [-0.3, -0.25) is 4.79 Å². The number of aromatic nitrogens is 2. The van der Waals surface area contributed by atoms with Gasteiger partial charge in [-0.1, -0.05) is 24.3 Å². The fraction of sp³-hybridized carbons (Fsp3) is 0.222. The Balaban J connectivity index is 1.49. The Morgan fingerprint density at radius 1 is 1.13 bits per heavy atom. The van der Waals surface area contributed by atoms with Crippen molar-refractivity contribution in [2.75, 3.05) is 18.4 Å². The number of nitrogens with zero attached hydrogens (tertiary/aromatic N) is 1. The van der Waals surface area contributed by atoms with E-state index in [0.717, 1.165) is 29.8 Å². The number of para-hydroxylation sites is 2. The summed E-state index contributed by atoms with van der Waals surface area (Å²) in [7, 11) is 0. The molecule has 4 rings (SSSR count). The van der Waals surface area contributed by atoms with E-state index in [9.17, 15) is 4.79 Å². The summed E-state index contributed by atoms with van der Waals surface area (Å²) in [5.74, 6) is 0.682. The molecule has 0 bridgehead atoms. The number of benzene rings is 2. The van der Waals surface area contributed by atoms with Crippen molar-refractivity contribution in [2.24, 2.45) is 0 Å². The molecular formula is C18H18N4O. The Morgan fingerprint density at radius 2 is 1.96 bits per heavy atom. The second-order valence-electron chi connectivity index (χ2n) is 5.87. The second-order valence-corrected chi connectivity index (χ2v) is 5.87. The van der Waals surface area contributed by atoms with Crippen LogP contribution in [-0.2, 0) is 0 Å². The Kier molecular flexibility index (Phi) is 3.55. The normalized spacial score (nSPS) is 17.5. The van der Waals surface area contributed by atoms with Gasteiger partial charge in [-0.25, -0.2) is 4.98 Å². The molecule has 3 aromatic rings. The third kappa shape index (κ3) is 2.83. The number of nitrogens with one attached hydrogen (secondary N) is 3. The molecule has 116 valence electrons. The summed E-state index contributed by atoms with van der Waals surface area (Å²) in [6.07, 6.45) is 1.17. The summed E-state index contributed by atoms with van der Waals surface area (Å²) in [6.45, 7) is 2.11. The molecule has 1 aliphatic rings. The number of H-pyrrole nitrogens is 1. The highest BCUT2D eigenvalue weighted by atomic mass is 16.2. The third-order valence-corrected chi connectivity index (χ3v) is 4.30. The van der Waals surface area contributed by atoms with E-state index in [1.54, 1.807) is 0 Å². The van der Waals surface area contributed by atoms with Gasteiger partial charge < -0.3 is 15.6 Å². The van der Waals surface area contributed by atoms with Crippen LogP contribution >= 0.6 is 0 Å². The summed E-state index contributed by atoms with van der Waals surface area (Å²) < 4.78 is 0. The molecule has 0 unspecified atom stereocenters.